The van der Waals surface area contributed by atoms with Crippen LogP contribution in [0, 0.1) is 11.3 Å². The minimum absolute atomic E-state index is 0.136. The van der Waals surface area contributed by atoms with Gasteiger partial charge in [-0.1, -0.05) is 6.07 Å². The molecule has 2 fully saturated rings. The van der Waals surface area contributed by atoms with Crippen LogP contribution in [-0.4, -0.2) is 29.0 Å². The van der Waals surface area contributed by atoms with Crippen LogP contribution < -0.4 is 10.6 Å². The molecule has 1 amide bonds. The molecule has 5 nitrogen and oxygen atoms in total. The van der Waals surface area contributed by atoms with E-state index < -0.39 is 0 Å². The van der Waals surface area contributed by atoms with Crippen LogP contribution in [0.2, 0.25) is 0 Å². The van der Waals surface area contributed by atoms with Crippen molar-refractivity contribution in [3.63, 3.8) is 0 Å². The van der Waals surface area contributed by atoms with E-state index in [1.165, 1.54) is 6.42 Å². The van der Waals surface area contributed by atoms with Crippen LogP contribution >= 0.6 is 0 Å². The number of benzene rings is 1. The summed E-state index contributed by atoms with van der Waals surface area (Å²) in [6.45, 7) is 0. The number of pyridine rings is 1. The van der Waals surface area contributed by atoms with Gasteiger partial charge >= 0.3 is 0 Å². The topological polar surface area (TPSA) is 77.8 Å². The Bertz CT molecular complexity index is 795. The average molecular weight is 292 g/mol. The van der Waals surface area contributed by atoms with Crippen molar-refractivity contribution in [2.24, 2.45) is 0 Å². The average Bonchev–Trinajstić information content (AvgIpc) is 3.16. The highest BCUT2D eigenvalue weighted by Crippen LogP contribution is 2.28. The first-order valence-electron chi connectivity index (χ1n) is 7.60. The molecule has 2 saturated heterocycles. The number of carbonyl (C=O) groups excluding carboxylic acids is 1. The molecular weight excluding hydrogens is 276 g/mol. The standard InChI is InChI=1S/C17H16N4O/c18-8-10-1-2-11-9-19-16(6-12(11)5-10)17(22)21-15-7-13-3-4-14(15)20-13/h1-2,5-6,9,13-15,20H,3-4,7H2,(H,21,22)/t13-,14+,15-/m1/s1. The van der Waals surface area contributed by atoms with Crippen LogP contribution in [0.4, 0.5) is 0 Å². The van der Waals surface area contributed by atoms with Gasteiger partial charge in [0.15, 0.2) is 0 Å². The van der Waals surface area contributed by atoms with Crippen LogP contribution in [0.15, 0.2) is 30.5 Å². The molecule has 0 spiro atoms. The van der Waals surface area contributed by atoms with Crippen molar-refractivity contribution in [2.45, 2.75) is 37.4 Å². The van der Waals surface area contributed by atoms with Gasteiger partial charge < -0.3 is 10.6 Å². The van der Waals surface area contributed by atoms with Crippen molar-refractivity contribution >= 4 is 16.7 Å². The fourth-order valence-corrected chi connectivity index (χ4v) is 3.56. The Morgan fingerprint density at radius 2 is 2.23 bits per heavy atom. The first kappa shape index (κ1) is 13.2. The summed E-state index contributed by atoms with van der Waals surface area (Å²) in [4.78, 5) is 16.7. The first-order chi connectivity index (χ1) is 10.7. The zero-order valence-electron chi connectivity index (χ0n) is 12.0. The lowest BCUT2D eigenvalue weighted by Gasteiger charge is -2.21. The third-order valence-electron chi connectivity index (χ3n) is 4.70. The molecule has 5 heteroatoms. The molecule has 2 N–H and O–H groups in total. The van der Waals surface area contributed by atoms with Gasteiger partial charge in [0, 0.05) is 29.7 Å². The van der Waals surface area contributed by atoms with Crippen molar-refractivity contribution in [2.75, 3.05) is 0 Å². The lowest BCUT2D eigenvalue weighted by atomic mass is 9.95. The fourth-order valence-electron chi connectivity index (χ4n) is 3.56. The molecule has 0 saturated carbocycles. The molecule has 0 aliphatic carbocycles. The number of nitriles is 1. The third-order valence-corrected chi connectivity index (χ3v) is 4.70. The second-order valence-electron chi connectivity index (χ2n) is 6.11. The Balaban J connectivity index is 1.57. The molecule has 1 aromatic heterocycles. The van der Waals surface area contributed by atoms with Gasteiger partial charge in [-0.05, 0) is 42.8 Å². The summed E-state index contributed by atoms with van der Waals surface area (Å²) < 4.78 is 0. The van der Waals surface area contributed by atoms with E-state index in [0.717, 1.165) is 23.6 Å². The van der Waals surface area contributed by atoms with Crippen LogP contribution in [0.1, 0.15) is 35.3 Å². The number of nitrogens with zero attached hydrogens (tertiary/aromatic N) is 2. The zero-order chi connectivity index (χ0) is 15.1. The molecule has 3 atom stereocenters. The highest BCUT2D eigenvalue weighted by Gasteiger charge is 2.39. The smallest absolute Gasteiger partial charge is 0.270 e. The van der Waals surface area contributed by atoms with Crippen molar-refractivity contribution in [3.05, 3.63) is 41.7 Å². The maximum absolute atomic E-state index is 12.4. The molecule has 3 heterocycles. The van der Waals surface area contributed by atoms with E-state index in [0.29, 0.717) is 23.3 Å². The Kier molecular flexibility index (Phi) is 3.05. The lowest BCUT2D eigenvalue weighted by Crippen LogP contribution is -2.43. The molecule has 2 aromatic rings. The molecule has 0 radical (unpaired) electrons. The van der Waals surface area contributed by atoms with Gasteiger partial charge in [-0.15, -0.1) is 0 Å². The number of aromatic nitrogens is 1. The molecular formula is C17H16N4O. The van der Waals surface area contributed by atoms with E-state index in [1.807, 2.05) is 6.07 Å². The van der Waals surface area contributed by atoms with Crippen LogP contribution in [0.25, 0.3) is 10.8 Å². The Morgan fingerprint density at radius 3 is 2.95 bits per heavy atom. The summed E-state index contributed by atoms with van der Waals surface area (Å²) in [5.74, 6) is -0.136. The highest BCUT2D eigenvalue weighted by atomic mass is 16.2. The number of nitrogens with one attached hydrogen (secondary N) is 2. The molecule has 2 aliphatic heterocycles. The van der Waals surface area contributed by atoms with Crippen molar-refractivity contribution in [1.29, 1.82) is 5.26 Å². The van der Waals surface area contributed by atoms with Gasteiger partial charge in [-0.2, -0.15) is 5.26 Å². The van der Waals surface area contributed by atoms with E-state index in [4.69, 9.17) is 5.26 Å². The SMILES string of the molecule is N#Cc1ccc2cnc(C(=O)N[C@@H]3C[C@H]4CC[C@@H]3N4)cc2c1. The summed E-state index contributed by atoms with van der Waals surface area (Å²) in [5.41, 5.74) is 0.993. The van der Waals surface area contributed by atoms with E-state index in [-0.39, 0.29) is 11.9 Å². The van der Waals surface area contributed by atoms with Gasteiger partial charge in [0.25, 0.3) is 5.91 Å². The fraction of sp³-hybridized carbons (Fsp3) is 0.353. The molecule has 4 rings (SSSR count). The molecule has 110 valence electrons. The third kappa shape index (κ3) is 2.22. The van der Waals surface area contributed by atoms with Crippen LogP contribution in [0.3, 0.4) is 0 Å². The summed E-state index contributed by atoms with van der Waals surface area (Å²) in [7, 11) is 0. The van der Waals surface area contributed by atoms with E-state index in [9.17, 15) is 4.79 Å². The summed E-state index contributed by atoms with van der Waals surface area (Å²) >= 11 is 0. The van der Waals surface area contributed by atoms with Gasteiger partial charge in [0.2, 0.25) is 0 Å². The van der Waals surface area contributed by atoms with Crippen LogP contribution in [0.5, 0.6) is 0 Å². The quantitative estimate of drug-likeness (QED) is 0.883. The maximum atomic E-state index is 12.4. The largest absolute Gasteiger partial charge is 0.346 e. The number of carbonyl (C=O) groups is 1. The van der Waals surface area contributed by atoms with Crippen molar-refractivity contribution in [3.8, 4) is 6.07 Å². The number of rotatable bonds is 2. The second-order valence-corrected chi connectivity index (χ2v) is 6.11. The van der Waals surface area contributed by atoms with Crippen LogP contribution in [-0.2, 0) is 0 Å². The number of hydrogen-bond donors (Lipinski definition) is 2. The van der Waals surface area contributed by atoms with Gasteiger partial charge in [0.05, 0.1) is 11.6 Å². The maximum Gasteiger partial charge on any atom is 0.270 e. The summed E-state index contributed by atoms with van der Waals surface area (Å²) in [5, 5.41) is 17.4. The Hall–Kier alpha value is -2.45. The number of amides is 1. The second kappa shape index (κ2) is 5.08. The van der Waals surface area contributed by atoms with E-state index in [2.05, 4.69) is 21.7 Å². The molecule has 1 aromatic carbocycles. The Labute approximate surface area is 128 Å². The molecule has 22 heavy (non-hydrogen) atoms. The molecule has 0 unspecified atom stereocenters. The number of fused-ring (bicyclic) bond motifs is 3. The monoisotopic (exact) mass is 292 g/mol. The van der Waals surface area contributed by atoms with E-state index >= 15 is 0 Å². The zero-order valence-corrected chi connectivity index (χ0v) is 12.0. The predicted octanol–water partition coefficient (Wildman–Crippen LogP) is 1.73. The minimum atomic E-state index is -0.136. The summed E-state index contributed by atoms with van der Waals surface area (Å²) in [6, 6.07) is 10.4. The minimum Gasteiger partial charge on any atom is -0.346 e. The normalized spacial score (nSPS) is 26.0. The van der Waals surface area contributed by atoms with Gasteiger partial charge in [0.1, 0.15) is 5.69 Å². The number of hydrogen-bond acceptors (Lipinski definition) is 4. The summed E-state index contributed by atoms with van der Waals surface area (Å²) in [6.07, 6.45) is 5.03. The predicted molar refractivity (Wildman–Crippen MR) is 82.3 cm³/mol. The van der Waals surface area contributed by atoms with Gasteiger partial charge in [-0.25, -0.2) is 0 Å². The van der Waals surface area contributed by atoms with Gasteiger partial charge in [-0.3, -0.25) is 9.78 Å². The van der Waals surface area contributed by atoms with Crippen molar-refractivity contribution < 1.29 is 4.79 Å². The first-order valence-corrected chi connectivity index (χ1v) is 7.60. The lowest BCUT2D eigenvalue weighted by molar-refractivity contribution is 0.0926. The van der Waals surface area contributed by atoms with E-state index in [1.54, 1.807) is 24.4 Å². The Morgan fingerprint density at radius 1 is 1.32 bits per heavy atom. The molecule has 2 bridgehead atoms. The van der Waals surface area contributed by atoms with Crippen molar-refractivity contribution in [1.82, 2.24) is 15.6 Å². The highest BCUT2D eigenvalue weighted by molar-refractivity contribution is 5.96. The molecule has 2 aliphatic rings.